The Hall–Kier alpha value is -0.170. The largest absolute Gasteiger partial charge is 0.396 e. The van der Waals surface area contributed by atoms with E-state index in [1.807, 2.05) is 6.92 Å². The van der Waals surface area contributed by atoms with Crippen LogP contribution in [0.15, 0.2) is 0 Å². The Labute approximate surface area is 123 Å². The van der Waals surface area contributed by atoms with Gasteiger partial charge in [0.15, 0.2) is 0 Å². The van der Waals surface area contributed by atoms with Gasteiger partial charge in [-0.3, -0.25) is 0 Å². The lowest BCUT2D eigenvalue weighted by Crippen LogP contribution is -2.40. The maximum Gasteiger partial charge on any atom is 0.211 e. The summed E-state index contributed by atoms with van der Waals surface area (Å²) in [6, 6.07) is 0. The second-order valence-electron chi connectivity index (χ2n) is 6.00. The molecule has 120 valence electrons. The van der Waals surface area contributed by atoms with Gasteiger partial charge in [0.1, 0.15) is 0 Å². The normalized spacial score (nSPS) is 19.4. The predicted octanol–water partition coefficient (Wildman–Crippen LogP) is 1.19. The molecule has 20 heavy (non-hydrogen) atoms. The lowest BCUT2D eigenvalue weighted by Gasteiger charge is -2.35. The standard InChI is InChI=1S/C14H30N2O3S/c1-3-16(20(2,18)19)11-7-10-15-12-14(13-17)8-5-4-6-9-14/h15,17H,3-13H2,1-2H3. The first-order chi connectivity index (χ1) is 9.43. The molecular weight excluding hydrogens is 276 g/mol. The van der Waals surface area contributed by atoms with Crippen LogP contribution in [0.3, 0.4) is 0 Å². The molecule has 1 saturated carbocycles. The van der Waals surface area contributed by atoms with Gasteiger partial charge in [0.2, 0.25) is 10.0 Å². The van der Waals surface area contributed by atoms with E-state index in [0.29, 0.717) is 13.1 Å². The van der Waals surface area contributed by atoms with Crippen LogP contribution in [0, 0.1) is 5.41 Å². The first-order valence-electron chi connectivity index (χ1n) is 7.70. The second kappa shape index (κ2) is 8.32. The minimum atomic E-state index is -3.07. The third-order valence-electron chi connectivity index (χ3n) is 4.33. The van der Waals surface area contributed by atoms with Crippen LogP contribution in [0.2, 0.25) is 0 Å². The lowest BCUT2D eigenvalue weighted by atomic mass is 9.74. The maximum absolute atomic E-state index is 11.4. The number of nitrogens with one attached hydrogen (secondary N) is 1. The van der Waals surface area contributed by atoms with E-state index in [4.69, 9.17) is 0 Å². The van der Waals surface area contributed by atoms with E-state index < -0.39 is 10.0 Å². The summed E-state index contributed by atoms with van der Waals surface area (Å²) < 4.78 is 24.4. The van der Waals surface area contributed by atoms with Crippen LogP contribution < -0.4 is 5.32 Å². The fraction of sp³-hybridized carbons (Fsp3) is 1.00. The van der Waals surface area contributed by atoms with Crippen molar-refractivity contribution < 1.29 is 13.5 Å². The molecule has 0 unspecified atom stereocenters. The number of hydrogen-bond donors (Lipinski definition) is 2. The molecule has 0 radical (unpaired) electrons. The topological polar surface area (TPSA) is 69.6 Å². The molecule has 2 N–H and O–H groups in total. The van der Waals surface area contributed by atoms with Crippen molar-refractivity contribution in [2.45, 2.75) is 45.4 Å². The predicted molar refractivity (Wildman–Crippen MR) is 82.2 cm³/mol. The van der Waals surface area contributed by atoms with Crippen molar-refractivity contribution in [2.24, 2.45) is 5.41 Å². The molecule has 0 saturated heterocycles. The zero-order valence-corrected chi connectivity index (χ0v) is 13.7. The Morgan fingerprint density at radius 3 is 2.40 bits per heavy atom. The molecule has 5 nitrogen and oxygen atoms in total. The van der Waals surface area contributed by atoms with Gasteiger partial charge in [-0.25, -0.2) is 12.7 Å². The summed E-state index contributed by atoms with van der Waals surface area (Å²) in [6.07, 6.45) is 7.96. The number of hydrogen-bond acceptors (Lipinski definition) is 4. The lowest BCUT2D eigenvalue weighted by molar-refractivity contribution is 0.0814. The molecule has 1 fully saturated rings. The van der Waals surface area contributed by atoms with Crippen LogP contribution in [-0.4, -0.2) is 56.9 Å². The van der Waals surface area contributed by atoms with Crippen LogP contribution >= 0.6 is 0 Å². The van der Waals surface area contributed by atoms with Gasteiger partial charge in [-0.1, -0.05) is 26.2 Å². The molecule has 1 aliphatic rings. The van der Waals surface area contributed by atoms with E-state index in [1.54, 1.807) is 0 Å². The van der Waals surface area contributed by atoms with Crippen molar-refractivity contribution in [3.05, 3.63) is 0 Å². The molecule has 1 aliphatic carbocycles. The summed E-state index contributed by atoms with van der Waals surface area (Å²) in [6.45, 7) is 4.85. The Bertz CT molecular complexity index is 365. The average molecular weight is 306 g/mol. The summed E-state index contributed by atoms with van der Waals surface area (Å²) in [5.74, 6) is 0. The molecular formula is C14H30N2O3S. The zero-order valence-electron chi connectivity index (χ0n) is 12.9. The van der Waals surface area contributed by atoms with Crippen molar-refractivity contribution in [3.63, 3.8) is 0 Å². The van der Waals surface area contributed by atoms with Gasteiger partial charge in [0, 0.05) is 31.7 Å². The highest BCUT2D eigenvalue weighted by Crippen LogP contribution is 2.35. The molecule has 0 amide bonds. The maximum atomic E-state index is 11.4. The van der Waals surface area contributed by atoms with Gasteiger partial charge in [0.05, 0.1) is 6.26 Å². The van der Waals surface area contributed by atoms with Gasteiger partial charge < -0.3 is 10.4 Å². The molecule has 0 aromatic rings. The fourth-order valence-corrected chi connectivity index (χ4v) is 3.91. The summed E-state index contributed by atoms with van der Waals surface area (Å²) in [5, 5.41) is 13.0. The van der Waals surface area contributed by atoms with Crippen LogP contribution in [0.1, 0.15) is 45.4 Å². The fourth-order valence-electron chi connectivity index (χ4n) is 2.98. The van der Waals surface area contributed by atoms with E-state index in [9.17, 15) is 13.5 Å². The summed E-state index contributed by atoms with van der Waals surface area (Å²) in [4.78, 5) is 0. The van der Waals surface area contributed by atoms with Gasteiger partial charge in [-0.2, -0.15) is 0 Å². The van der Waals surface area contributed by atoms with Crippen molar-refractivity contribution >= 4 is 10.0 Å². The van der Waals surface area contributed by atoms with Crippen molar-refractivity contribution in [1.29, 1.82) is 0 Å². The Balaban J connectivity index is 2.24. The first-order valence-corrected chi connectivity index (χ1v) is 9.55. The van der Waals surface area contributed by atoms with Gasteiger partial charge >= 0.3 is 0 Å². The molecule has 0 atom stereocenters. The van der Waals surface area contributed by atoms with Crippen molar-refractivity contribution in [1.82, 2.24) is 9.62 Å². The molecule has 0 aromatic carbocycles. The molecule has 6 heteroatoms. The number of aliphatic hydroxyl groups is 1. The Morgan fingerprint density at radius 2 is 1.90 bits per heavy atom. The van der Waals surface area contributed by atoms with Gasteiger partial charge in [0.25, 0.3) is 0 Å². The van der Waals surface area contributed by atoms with Crippen LogP contribution in [0.25, 0.3) is 0 Å². The number of nitrogens with zero attached hydrogens (tertiary/aromatic N) is 1. The first kappa shape index (κ1) is 17.9. The van der Waals surface area contributed by atoms with Crippen LogP contribution in [0.4, 0.5) is 0 Å². The highest BCUT2D eigenvalue weighted by Gasteiger charge is 2.30. The second-order valence-corrected chi connectivity index (χ2v) is 7.99. The van der Waals surface area contributed by atoms with E-state index in [0.717, 1.165) is 32.4 Å². The van der Waals surface area contributed by atoms with Crippen molar-refractivity contribution in [3.8, 4) is 0 Å². The highest BCUT2D eigenvalue weighted by atomic mass is 32.2. The quantitative estimate of drug-likeness (QED) is 0.628. The summed E-state index contributed by atoms with van der Waals surface area (Å²) in [5.41, 5.74) is 0.0551. The third kappa shape index (κ3) is 5.68. The molecule has 0 aromatic heterocycles. The SMILES string of the molecule is CCN(CCCNCC1(CO)CCCCC1)S(C)(=O)=O. The smallest absolute Gasteiger partial charge is 0.211 e. The number of aliphatic hydroxyl groups excluding tert-OH is 1. The Kier molecular flexibility index (Phi) is 7.43. The minimum Gasteiger partial charge on any atom is -0.396 e. The van der Waals surface area contributed by atoms with Gasteiger partial charge in [-0.05, 0) is 25.8 Å². The molecule has 0 aliphatic heterocycles. The van der Waals surface area contributed by atoms with E-state index in [1.165, 1.54) is 29.8 Å². The highest BCUT2D eigenvalue weighted by molar-refractivity contribution is 7.88. The summed E-state index contributed by atoms with van der Waals surface area (Å²) in [7, 11) is -3.07. The molecule has 0 spiro atoms. The monoisotopic (exact) mass is 306 g/mol. The third-order valence-corrected chi connectivity index (χ3v) is 5.71. The van der Waals surface area contributed by atoms with Crippen LogP contribution in [0.5, 0.6) is 0 Å². The Morgan fingerprint density at radius 1 is 1.25 bits per heavy atom. The molecule has 0 heterocycles. The van der Waals surface area contributed by atoms with E-state index in [-0.39, 0.29) is 12.0 Å². The van der Waals surface area contributed by atoms with Gasteiger partial charge in [-0.15, -0.1) is 0 Å². The van der Waals surface area contributed by atoms with Crippen LogP contribution in [-0.2, 0) is 10.0 Å². The molecule has 0 bridgehead atoms. The van der Waals surface area contributed by atoms with E-state index in [2.05, 4.69) is 5.32 Å². The molecule has 1 rings (SSSR count). The van der Waals surface area contributed by atoms with Crippen molar-refractivity contribution in [2.75, 3.05) is 39.0 Å². The average Bonchev–Trinajstić information content (AvgIpc) is 2.42. The number of rotatable bonds is 9. The van der Waals surface area contributed by atoms with E-state index >= 15 is 0 Å². The minimum absolute atomic E-state index is 0.0551. The zero-order chi connectivity index (χ0) is 15.1. The summed E-state index contributed by atoms with van der Waals surface area (Å²) >= 11 is 0. The number of sulfonamides is 1.